The molecule has 6 aromatic carbocycles. The number of hydrogen-bond donors (Lipinski definition) is 4. The quantitative estimate of drug-likeness (QED) is 0.0595. The summed E-state index contributed by atoms with van der Waals surface area (Å²) in [5.74, 6) is -3.94. The van der Waals surface area contributed by atoms with Gasteiger partial charge in [-0.2, -0.15) is 10.2 Å². The van der Waals surface area contributed by atoms with Crippen LogP contribution in [0, 0.1) is 13.8 Å². The monoisotopic (exact) mass is 962 g/mol. The molecule has 0 amide bonds. The van der Waals surface area contributed by atoms with Gasteiger partial charge in [-0.15, -0.1) is 10.2 Å². The fourth-order valence-electron chi connectivity index (χ4n) is 5.84. The van der Waals surface area contributed by atoms with Crippen molar-refractivity contribution in [2.75, 3.05) is 0 Å². The van der Waals surface area contributed by atoms with Crippen molar-refractivity contribution in [2.24, 2.45) is 20.5 Å². The first-order valence-electron chi connectivity index (χ1n) is 15.7. The van der Waals surface area contributed by atoms with Crippen LogP contribution in [0.4, 0.5) is 22.7 Å². The largest absolute Gasteiger partial charge is 1.00 e. The van der Waals surface area contributed by atoms with Gasteiger partial charge >= 0.3 is 118 Å². The van der Waals surface area contributed by atoms with Gasteiger partial charge in [-0.1, -0.05) is 12.1 Å². The van der Waals surface area contributed by atoms with Crippen LogP contribution in [0.3, 0.4) is 0 Å². The Kier molecular flexibility index (Phi) is 18.6. The standard InChI is InChI=1S/C34H26N4O16S4.4Na/c1-15-7-17(3-5-23(15)35-37-31-27(57(49,50)51)11-19-9-21(55(43,44)45)13-25(39)29(19)33(31)41)18-4-6-24(16(2)8-18)36-38-32-28(58(52,53)54)12-20-10-22(56(46,47)48)14-26(40)30(20)34(32)42;;;;/h3-14,39-42H,1-2H3,(H,43,44,45)(H,46,47,48)(H,49,50,51)(H,52,53,54);;;;/q;4*+1/p-4. The Bertz CT molecular complexity index is 3100. The predicted molar refractivity (Wildman–Crippen MR) is 196 cm³/mol. The van der Waals surface area contributed by atoms with Crippen molar-refractivity contribution < 1.29 is 191 Å². The van der Waals surface area contributed by atoms with E-state index in [0.29, 0.717) is 58.7 Å². The van der Waals surface area contributed by atoms with Gasteiger partial charge in [0.25, 0.3) is 0 Å². The minimum absolute atomic E-state index is 0. The van der Waals surface area contributed by atoms with Crippen molar-refractivity contribution >= 4 is 84.8 Å². The molecular weight excluding hydrogens is 941 g/mol. The van der Waals surface area contributed by atoms with Crippen LogP contribution in [0.25, 0.3) is 32.7 Å². The molecule has 0 radical (unpaired) electrons. The van der Waals surface area contributed by atoms with Gasteiger partial charge in [0.2, 0.25) is 0 Å². The van der Waals surface area contributed by atoms with Gasteiger partial charge in [0.15, 0.2) is 11.5 Å². The number of rotatable bonds is 9. The predicted octanol–water partition coefficient (Wildman–Crippen LogP) is -6.44. The maximum absolute atomic E-state index is 12.1. The summed E-state index contributed by atoms with van der Waals surface area (Å²) < 4.78 is 142. The van der Waals surface area contributed by atoms with Gasteiger partial charge in [-0.3, -0.25) is 0 Å². The number of phenolic OH excluding ortho intramolecular Hbond substituents is 4. The van der Waals surface area contributed by atoms with E-state index in [-0.39, 0.29) is 130 Å². The van der Waals surface area contributed by atoms with Crippen LogP contribution < -0.4 is 118 Å². The molecule has 0 heterocycles. The average Bonchev–Trinajstić information content (AvgIpc) is 3.09. The number of fused-ring (bicyclic) bond motifs is 2. The van der Waals surface area contributed by atoms with Crippen molar-refractivity contribution in [1.29, 1.82) is 0 Å². The minimum Gasteiger partial charge on any atom is -0.744 e. The normalized spacial score (nSPS) is 12.2. The van der Waals surface area contributed by atoms with Crippen LogP contribution in [-0.2, 0) is 40.5 Å². The Hall–Kier alpha value is -2.12. The molecule has 0 aliphatic carbocycles. The van der Waals surface area contributed by atoms with Gasteiger partial charge in [0, 0.05) is 0 Å². The maximum atomic E-state index is 12.1. The zero-order chi connectivity index (χ0) is 42.9. The third-order valence-corrected chi connectivity index (χ3v) is 11.9. The first-order chi connectivity index (χ1) is 26.8. The Labute approximate surface area is 441 Å². The van der Waals surface area contributed by atoms with Crippen LogP contribution in [0.1, 0.15) is 11.1 Å². The minimum atomic E-state index is -5.40. The van der Waals surface area contributed by atoms with Gasteiger partial charge in [0.05, 0.1) is 41.7 Å². The van der Waals surface area contributed by atoms with E-state index in [0.717, 1.165) is 0 Å². The first kappa shape index (κ1) is 56.0. The Morgan fingerprint density at radius 3 is 1.03 bits per heavy atom. The number of benzene rings is 6. The molecule has 0 saturated heterocycles. The third-order valence-electron chi connectivity index (χ3n) is 8.56. The Morgan fingerprint density at radius 2 is 0.758 bits per heavy atom. The van der Waals surface area contributed by atoms with Crippen LogP contribution in [0.2, 0.25) is 0 Å². The second-order valence-corrected chi connectivity index (χ2v) is 17.9. The molecular formula is C34H22N4Na4O16S4. The maximum Gasteiger partial charge on any atom is 1.00 e. The van der Waals surface area contributed by atoms with Crippen molar-refractivity contribution in [1.82, 2.24) is 0 Å². The number of azo groups is 2. The molecule has 20 nitrogen and oxygen atoms in total. The summed E-state index contributed by atoms with van der Waals surface area (Å²) in [6.07, 6.45) is 0. The molecule has 0 atom stereocenters. The molecule has 6 aromatic rings. The molecule has 28 heteroatoms. The molecule has 0 aliphatic rings. The fourth-order valence-corrected chi connectivity index (χ4v) is 8.19. The van der Waals surface area contributed by atoms with Crippen LogP contribution >= 0.6 is 0 Å². The van der Waals surface area contributed by atoms with Crippen molar-refractivity contribution in [3.05, 3.63) is 83.9 Å². The van der Waals surface area contributed by atoms with E-state index < -0.39 is 116 Å². The van der Waals surface area contributed by atoms with Crippen LogP contribution in [-0.4, -0.2) is 72.3 Å². The molecule has 0 aromatic heterocycles. The first-order valence-corrected chi connectivity index (χ1v) is 21.3. The van der Waals surface area contributed by atoms with Crippen LogP contribution in [0.5, 0.6) is 23.0 Å². The summed E-state index contributed by atoms with van der Waals surface area (Å²) in [5, 5.41) is 55.9. The number of aryl methyl sites for hydroxylation is 2. The summed E-state index contributed by atoms with van der Waals surface area (Å²) >= 11 is 0. The zero-order valence-electron chi connectivity index (χ0n) is 33.0. The number of hydrogen-bond acceptors (Lipinski definition) is 20. The van der Waals surface area contributed by atoms with E-state index >= 15 is 0 Å². The fraction of sp³-hybridized carbons (Fsp3) is 0.0588. The second-order valence-electron chi connectivity index (χ2n) is 12.4. The summed E-state index contributed by atoms with van der Waals surface area (Å²) in [5.41, 5.74) is 0.508. The number of phenols is 4. The second kappa shape index (κ2) is 20.6. The zero-order valence-corrected chi connectivity index (χ0v) is 44.3. The average molecular weight is 963 g/mol. The number of nitrogens with zero attached hydrogens (tertiary/aromatic N) is 4. The molecule has 302 valence electrons. The van der Waals surface area contributed by atoms with Crippen molar-refractivity contribution in [3.8, 4) is 34.1 Å². The molecule has 0 aliphatic heterocycles. The number of aromatic hydroxyl groups is 4. The van der Waals surface area contributed by atoms with E-state index in [1.54, 1.807) is 38.1 Å². The molecule has 4 N–H and O–H groups in total. The summed E-state index contributed by atoms with van der Waals surface area (Å²) in [6, 6.07) is 12.9. The summed E-state index contributed by atoms with van der Waals surface area (Å²) in [6.45, 7) is 3.18. The van der Waals surface area contributed by atoms with E-state index in [1.165, 1.54) is 12.1 Å². The van der Waals surface area contributed by atoms with Gasteiger partial charge in [-0.05, 0) is 108 Å². The topological polar surface area (TPSA) is 359 Å². The molecule has 6 rings (SSSR count). The molecule has 0 bridgehead atoms. The smallest absolute Gasteiger partial charge is 0.744 e. The molecule has 0 unspecified atom stereocenters. The van der Waals surface area contributed by atoms with Crippen molar-refractivity contribution in [2.45, 2.75) is 33.4 Å². The Balaban J connectivity index is 0.00000331. The van der Waals surface area contributed by atoms with Crippen molar-refractivity contribution in [3.63, 3.8) is 0 Å². The SMILES string of the molecule is Cc1cc(-c2ccc(N=Nc3c(S(=O)(=O)[O-])cc4cc(S(=O)(=O)[O-])cc(O)c4c3O)c(C)c2)ccc1N=Nc1c(S(=O)(=O)[O-])cc2cc(S(=O)(=O)[O-])cc(O)c2c1O.[Na+].[Na+].[Na+].[Na+]. The van der Waals surface area contributed by atoms with Gasteiger partial charge in [-0.25, -0.2) is 33.7 Å². The molecule has 0 spiro atoms. The van der Waals surface area contributed by atoms with E-state index in [9.17, 15) is 72.3 Å². The van der Waals surface area contributed by atoms with Gasteiger partial charge in [0.1, 0.15) is 63.3 Å². The molecule has 0 saturated carbocycles. The Morgan fingerprint density at radius 1 is 0.435 bits per heavy atom. The van der Waals surface area contributed by atoms with E-state index in [4.69, 9.17) is 0 Å². The van der Waals surface area contributed by atoms with E-state index in [1.807, 2.05) is 0 Å². The molecule has 62 heavy (non-hydrogen) atoms. The summed E-state index contributed by atoms with van der Waals surface area (Å²) in [7, 11) is -21.1. The summed E-state index contributed by atoms with van der Waals surface area (Å²) in [4.78, 5) is -4.17. The van der Waals surface area contributed by atoms with E-state index in [2.05, 4.69) is 20.5 Å². The third kappa shape index (κ3) is 11.8. The van der Waals surface area contributed by atoms with Crippen LogP contribution in [0.15, 0.2) is 113 Å². The van der Waals surface area contributed by atoms with Gasteiger partial charge < -0.3 is 38.6 Å². The molecule has 0 fully saturated rings.